The quantitative estimate of drug-likeness (QED) is 0.258. The van der Waals surface area contributed by atoms with Crippen molar-refractivity contribution in [1.29, 1.82) is 0 Å². The molecular formula is C21H14Cl3NO5S. The number of halogens is 3. The number of hydrogen-bond acceptors (Lipinski definition) is 5. The summed E-state index contributed by atoms with van der Waals surface area (Å²) in [6.07, 6.45) is 0. The molecule has 0 atom stereocenters. The lowest BCUT2D eigenvalue weighted by atomic mass is 10.0. The fourth-order valence-corrected chi connectivity index (χ4v) is 5.63. The van der Waals surface area contributed by atoms with Gasteiger partial charge in [-0.25, -0.2) is 13.2 Å². The van der Waals surface area contributed by atoms with E-state index in [4.69, 9.17) is 44.0 Å². The summed E-state index contributed by atoms with van der Waals surface area (Å²) in [5, 5.41) is 1.57. The van der Waals surface area contributed by atoms with Crippen molar-refractivity contribution in [2.45, 2.75) is 11.8 Å². The normalized spacial score (nSPS) is 11.8. The molecule has 1 heterocycles. The zero-order valence-electron chi connectivity index (χ0n) is 16.1. The summed E-state index contributed by atoms with van der Waals surface area (Å²) in [5.41, 5.74) is 0.883. The highest BCUT2D eigenvalue weighted by atomic mass is 35.5. The number of nitrogens with one attached hydrogen (secondary N) is 1. The van der Waals surface area contributed by atoms with Crippen molar-refractivity contribution in [2.24, 2.45) is 0 Å². The van der Waals surface area contributed by atoms with Gasteiger partial charge in [0.15, 0.2) is 0 Å². The van der Waals surface area contributed by atoms with Gasteiger partial charge in [0, 0.05) is 21.2 Å². The number of anilines is 1. The van der Waals surface area contributed by atoms with Gasteiger partial charge in [-0.1, -0.05) is 59.1 Å². The maximum absolute atomic E-state index is 13.2. The van der Waals surface area contributed by atoms with E-state index in [-0.39, 0.29) is 31.2 Å². The summed E-state index contributed by atoms with van der Waals surface area (Å²) in [4.78, 5) is 12.0. The number of benzene rings is 3. The summed E-state index contributed by atoms with van der Waals surface area (Å²) >= 11 is 18.1. The number of esters is 1. The molecule has 0 aliphatic heterocycles. The Morgan fingerprint density at radius 2 is 1.71 bits per heavy atom. The predicted octanol–water partition coefficient (Wildman–Crippen LogP) is 6.44. The molecule has 0 saturated carbocycles. The third kappa shape index (κ3) is 3.72. The summed E-state index contributed by atoms with van der Waals surface area (Å²) in [6, 6.07) is 11.1. The second-order valence-electron chi connectivity index (χ2n) is 6.68. The fourth-order valence-electron chi connectivity index (χ4n) is 3.41. The average Bonchev–Trinajstić information content (AvgIpc) is 3.06. The van der Waals surface area contributed by atoms with E-state index in [9.17, 15) is 13.2 Å². The molecule has 4 rings (SSSR count). The molecule has 0 fully saturated rings. The first-order valence-corrected chi connectivity index (χ1v) is 11.5. The van der Waals surface area contributed by atoms with Gasteiger partial charge < -0.3 is 9.15 Å². The number of carbonyl (C=O) groups is 1. The van der Waals surface area contributed by atoms with Gasteiger partial charge in [-0.05, 0) is 25.1 Å². The molecule has 0 amide bonds. The molecule has 160 valence electrons. The molecular weight excluding hydrogens is 485 g/mol. The van der Waals surface area contributed by atoms with Crippen LogP contribution in [0.25, 0.3) is 21.7 Å². The van der Waals surface area contributed by atoms with E-state index in [1.54, 1.807) is 31.2 Å². The highest BCUT2D eigenvalue weighted by Crippen LogP contribution is 2.39. The SMILES string of the molecule is COC(=O)c1c(C)oc2c1cc(NS(=O)(=O)c1cc(Cl)cc(Cl)c1Cl)c1ccccc12. The van der Waals surface area contributed by atoms with Crippen molar-refractivity contribution in [3.05, 3.63) is 68.9 Å². The lowest BCUT2D eigenvalue weighted by molar-refractivity contribution is 0.0600. The number of carbonyl (C=O) groups excluding carboxylic acids is 1. The van der Waals surface area contributed by atoms with Gasteiger partial charge in [0.2, 0.25) is 0 Å². The van der Waals surface area contributed by atoms with Crippen molar-refractivity contribution >= 4 is 78.2 Å². The van der Waals surface area contributed by atoms with Gasteiger partial charge in [0.25, 0.3) is 10.0 Å². The fraction of sp³-hybridized carbons (Fsp3) is 0.0952. The minimum Gasteiger partial charge on any atom is -0.465 e. The van der Waals surface area contributed by atoms with Gasteiger partial charge in [0.1, 0.15) is 21.8 Å². The first kappa shape index (κ1) is 21.8. The monoisotopic (exact) mass is 497 g/mol. The second kappa shape index (κ2) is 7.91. The Kier molecular flexibility index (Phi) is 5.55. The lowest BCUT2D eigenvalue weighted by Gasteiger charge is -2.13. The predicted molar refractivity (Wildman–Crippen MR) is 122 cm³/mol. The van der Waals surface area contributed by atoms with Crippen LogP contribution < -0.4 is 4.72 Å². The number of hydrogen-bond donors (Lipinski definition) is 1. The maximum atomic E-state index is 13.2. The zero-order chi connectivity index (χ0) is 22.5. The summed E-state index contributed by atoms with van der Waals surface area (Å²) < 4.78 is 39.5. The van der Waals surface area contributed by atoms with E-state index < -0.39 is 16.0 Å². The third-order valence-corrected chi connectivity index (χ3v) is 7.28. The van der Waals surface area contributed by atoms with E-state index in [2.05, 4.69) is 4.72 Å². The maximum Gasteiger partial charge on any atom is 0.342 e. The van der Waals surface area contributed by atoms with Crippen LogP contribution in [-0.4, -0.2) is 21.5 Å². The summed E-state index contributed by atoms with van der Waals surface area (Å²) in [7, 11) is -2.92. The average molecular weight is 499 g/mol. The minimum absolute atomic E-state index is 0.00767. The zero-order valence-corrected chi connectivity index (χ0v) is 19.2. The Labute approximate surface area is 192 Å². The standard InChI is InChI=1S/C21H14Cl3NO5S/c1-10-18(21(26)29-2)14-9-16(12-5-3-4-6-13(12)20(14)30-10)25-31(27,28)17-8-11(22)7-15(23)19(17)24/h3-9,25H,1-2H3. The van der Waals surface area contributed by atoms with Crippen molar-refractivity contribution in [1.82, 2.24) is 0 Å². The molecule has 31 heavy (non-hydrogen) atoms. The summed E-state index contributed by atoms with van der Waals surface area (Å²) in [5.74, 6) is -0.235. The topological polar surface area (TPSA) is 85.6 Å². The number of aryl methyl sites for hydroxylation is 1. The van der Waals surface area contributed by atoms with Crippen molar-refractivity contribution < 1.29 is 22.4 Å². The Hall–Kier alpha value is -2.45. The minimum atomic E-state index is -4.18. The van der Waals surface area contributed by atoms with Gasteiger partial charge in [0.05, 0.1) is 22.8 Å². The van der Waals surface area contributed by atoms with Crippen LogP contribution in [0, 0.1) is 6.92 Å². The molecule has 6 nitrogen and oxygen atoms in total. The van der Waals surface area contributed by atoms with E-state index >= 15 is 0 Å². The van der Waals surface area contributed by atoms with Crippen LogP contribution in [0.1, 0.15) is 16.1 Å². The first-order chi connectivity index (χ1) is 14.6. The first-order valence-electron chi connectivity index (χ1n) is 8.84. The number of sulfonamides is 1. The van der Waals surface area contributed by atoms with E-state index in [1.165, 1.54) is 25.3 Å². The van der Waals surface area contributed by atoms with Crippen molar-refractivity contribution in [3.63, 3.8) is 0 Å². The number of ether oxygens (including phenoxy) is 1. The van der Waals surface area contributed by atoms with E-state index in [1.807, 2.05) is 0 Å². The number of methoxy groups -OCH3 is 1. The lowest BCUT2D eigenvalue weighted by Crippen LogP contribution is -2.14. The largest absolute Gasteiger partial charge is 0.465 e. The van der Waals surface area contributed by atoms with E-state index in [0.717, 1.165) is 0 Å². The molecule has 0 saturated heterocycles. The van der Waals surface area contributed by atoms with Crippen LogP contribution in [0.2, 0.25) is 15.1 Å². The van der Waals surface area contributed by atoms with Crippen LogP contribution in [-0.2, 0) is 14.8 Å². The second-order valence-corrected chi connectivity index (χ2v) is 9.55. The number of fused-ring (bicyclic) bond motifs is 3. The molecule has 0 radical (unpaired) electrons. The van der Waals surface area contributed by atoms with Gasteiger partial charge >= 0.3 is 5.97 Å². The van der Waals surface area contributed by atoms with Crippen molar-refractivity contribution in [2.75, 3.05) is 11.8 Å². The van der Waals surface area contributed by atoms with Gasteiger partial charge in [-0.2, -0.15) is 0 Å². The molecule has 3 aromatic carbocycles. The van der Waals surface area contributed by atoms with E-state index in [0.29, 0.717) is 27.5 Å². The molecule has 0 unspecified atom stereocenters. The Morgan fingerprint density at radius 1 is 1.03 bits per heavy atom. The highest BCUT2D eigenvalue weighted by molar-refractivity contribution is 7.92. The molecule has 0 aliphatic rings. The molecule has 0 bridgehead atoms. The molecule has 1 aromatic heterocycles. The van der Waals surface area contributed by atoms with Crippen LogP contribution in [0.15, 0.2) is 51.8 Å². The molecule has 0 spiro atoms. The number of rotatable bonds is 4. The molecule has 10 heteroatoms. The Morgan fingerprint density at radius 3 is 2.39 bits per heavy atom. The highest BCUT2D eigenvalue weighted by Gasteiger charge is 2.25. The van der Waals surface area contributed by atoms with Crippen LogP contribution in [0.4, 0.5) is 5.69 Å². The molecule has 0 aliphatic carbocycles. The third-order valence-electron chi connectivity index (χ3n) is 4.75. The summed E-state index contributed by atoms with van der Waals surface area (Å²) in [6.45, 7) is 1.64. The Balaban J connectivity index is 1.98. The van der Waals surface area contributed by atoms with Gasteiger partial charge in [-0.3, -0.25) is 4.72 Å². The van der Waals surface area contributed by atoms with Crippen LogP contribution in [0.5, 0.6) is 0 Å². The molecule has 1 N–H and O–H groups in total. The van der Waals surface area contributed by atoms with Crippen LogP contribution in [0.3, 0.4) is 0 Å². The number of furan rings is 1. The van der Waals surface area contributed by atoms with Crippen LogP contribution >= 0.6 is 34.8 Å². The van der Waals surface area contributed by atoms with Gasteiger partial charge in [-0.15, -0.1) is 0 Å². The smallest absolute Gasteiger partial charge is 0.342 e. The Bertz CT molecular complexity index is 1480. The van der Waals surface area contributed by atoms with Crippen molar-refractivity contribution in [3.8, 4) is 0 Å². The molecule has 4 aromatic rings.